The summed E-state index contributed by atoms with van der Waals surface area (Å²) in [4.78, 5) is 0. The summed E-state index contributed by atoms with van der Waals surface area (Å²) in [6.07, 6.45) is 3.64. The van der Waals surface area contributed by atoms with Crippen LogP contribution in [0.1, 0.15) is 17.2 Å². The van der Waals surface area contributed by atoms with Crippen LogP contribution in [0.25, 0.3) is 5.69 Å². The third-order valence-corrected chi connectivity index (χ3v) is 3.85. The predicted molar refractivity (Wildman–Crippen MR) is 86.1 cm³/mol. The van der Waals surface area contributed by atoms with E-state index in [2.05, 4.69) is 5.10 Å². The molecule has 0 saturated heterocycles. The Morgan fingerprint density at radius 2 is 1.81 bits per heavy atom. The first-order valence-electron chi connectivity index (χ1n) is 6.45. The highest BCUT2D eigenvalue weighted by molar-refractivity contribution is 6.33. The summed E-state index contributed by atoms with van der Waals surface area (Å²) in [7, 11) is 0. The van der Waals surface area contributed by atoms with E-state index in [9.17, 15) is 0 Å². The molecule has 0 radical (unpaired) electrons. The maximum absolute atomic E-state index is 6.28. The van der Waals surface area contributed by atoms with Crippen LogP contribution in [-0.4, -0.2) is 9.78 Å². The van der Waals surface area contributed by atoms with Crippen molar-refractivity contribution in [2.45, 2.75) is 6.04 Å². The molecule has 0 aliphatic carbocycles. The molecule has 21 heavy (non-hydrogen) atoms. The molecule has 0 amide bonds. The van der Waals surface area contributed by atoms with Crippen LogP contribution >= 0.6 is 23.2 Å². The molecule has 0 saturated carbocycles. The van der Waals surface area contributed by atoms with Gasteiger partial charge in [-0.05, 0) is 35.9 Å². The molecular weight excluding hydrogens is 305 g/mol. The van der Waals surface area contributed by atoms with E-state index in [0.717, 1.165) is 16.8 Å². The Bertz CT molecular complexity index is 753. The summed E-state index contributed by atoms with van der Waals surface area (Å²) in [6.45, 7) is 0. The lowest BCUT2D eigenvalue weighted by molar-refractivity contribution is 0.862. The van der Waals surface area contributed by atoms with Crippen LogP contribution in [-0.2, 0) is 0 Å². The lowest BCUT2D eigenvalue weighted by atomic mass is 10.0. The number of nitrogens with two attached hydrogens (primary N) is 1. The first-order chi connectivity index (χ1) is 10.1. The normalized spacial score (nSPS) is 12.3. The van der Waals surface area contributed by atoms with Gasteiger partial charge in [-0.1, -0.05) is 41.4 Å². The van der Waals surface area contributed by atoms with Crippen LogP contribution in [0.15, 0.2) is 60.9 Å². The molecule has 1 atom stereocenters. The van der Waals surface area contributed by atoms with Crippen molar-refractivity contribution >= 4 is 23.2 Å². The van der Waals surface area contributed by atoms with Crippen LogP contribution in [0.3, 0.4) is 0 Å². The van der Waals surface area contributed by atoms with Gasteiger partial charge >= 0.3 is 0 Å². The van der Waals surface area contributed by atoms with Crippen molar-refractivity contribution in [3.63, 3.8) is 0 Å². The van der Waals surface area contributed by atoms with E-state index in [4.69, 9.17) is 28.9 Å². The predicted octanol–water partition coefficient (Wildman–Crippen LogP) is 4.23. The maximum atomic E-state index is 6.28. The molecule has 0 aliphatic rings. The number of hydrogen-bond donors (Lipinski definition) is 1. The zero-order valence-electron chi connectivity index (χ0n) is 11.1. The van der Waals surface area contributed by atoms with Crippen molar-refractivity contribution in [2.24, 2.45) is 5.73 Å². The van der Waals surface area contributed by atoms with Gasteiger partial charge in [-0.15, -0.1) is 0 Å². The fourth-order valence-electron chi connectivity index (χ4n) is 2.15. The van der Waals surface area contributed by atoms with Gasteiger partial charge in [0.15, 0.2) is 0 Å². The minimum Gasteiger partial charge on any atom is -0.320 e. The van der Waals surface area contributed by atoms with Gasteiger partial charge in [0, 0.05) is 21.8 Å². The van der Waals surface area contributed by atoms with E-state index in [-0.39, 0.29) is 6.04 Å². The van der Waals surface area contributed by atoms with Crippen molar-refractivity contribution in [3.8, 4) is 5.69 Å². The van der Waals surface area contributed by atoms with Crippen LogP contribution < -0.4 is 5.73 Å². The first-order valence-corrected chi connectivity index (χ1v) is 7.21. The topological polar surface area (TPSA) is 43.8 Å². The molecule has 1 aromatic heterocycles. The quantitative estimate of drug-likeness (QED) is 0.785. The lowest BCUT2D eigenvalue weighted by Gasteiger charge is -2.12. The monoisotopic (exact) mass is 317 g/mol. The average Bonchev–Trinajstić information content (AvgIpc) is 3.00. The minimum atomic E-state index is -0.367. The summed E-state index contributed by atoms with van der Waals surface area (Å²) in [5, 5.41) is 5.55. The molecule has 3 nitrogen and oxygen atoms in total. The second-order valence-electron chi connectivity index (χ2n) is 4.70. The lowest BCUT2D eigenvalue weighted by Crippen LogP contribution is -2.11. The maximum Gasteiger partial charge on any atom is 0.0645 e. The fourth-order valence-corrected chi connectivity index (χ4v) is 2.57. The highest BCUT2D eigenvalue weighted by Crippen LogP contribution is 2.29. The van der Waals surface area contributed by atoms with Crippen molar-refractivity contribution < 1.29 is 0 Å². The van der Waals surface area contributed by atoms with Crippen LogP contribution in [0.2, 0.25) is 10.0 Å². The van der Waals surface area contributed by atoms with Gasteiger partial charge < -0.3 is 5.73 Å². The molecule has 3 aromatic rings. The Hall–Kier alpha value is -1.81. The molecule has 106 valence electrons. The van der Waals surface area contributed by atoms with Crippen molar-refractivity contribution in [2.75, 3.05) is 0 Å². The number of rotatable bonds is 3. The molecular formula is C16H13Cl2N3. The van der Waals surface area contributed by atoms with E-state index in [0.29, 0.717) is 10.0 Å². The molecule has 0 aliphatic heterocycles. The summed E-state index contributed by atoms with van der Waals surface area (Å²) >= 11 is 12.2. The summed E-state index contributed by atoms with van der Waals surface area (Å²) in [6, 6.07) is 14.8. The first kappa shape index (κ1) is 14.1. The third kappa shape index (κ3) is 2.95. The molecule has 0 fully saturated rings. The fraction of sp³-hybridized carbons (Fsp3) is 0.0625. The molecule has 2 N–H and O–H groups in total. The molecule has 0 bridgehead atoms. The van der Waals surface area contributed by atoms with Crippen molar-refractivity contribution in [3.05, 3.63) is 82.1 Å². The van der Waals surface area contributed by atoms with Gasteiger partial charge in [0.1, 0.15) is 0 Å². The Morgan fingerprint density at radius 1 is 1.05 bits per heavy atom. The average molecular weight is 318 g/mol. The Labute approximate surface area is 132 Å². The number of hydrogen-bond acceptors (Lipinski definition) is 2. The molecule has 5 heteroatoms. The van der Waals surface area contributed by atoms with Crippen molar-refractivity contribution in [1.29, 1.82) is 0 Å². The summed E-state index contributed by atoms with van der Waals surface area (Å²) in [5.74, 6) is 0. The van der Waals surface area contributed by atoms with E-state index >= 15 is 0 Å². The molecule has 1 heterocycles. The summed E-state index contributed by atoms with van der Waals surface area (Å²) in [5.41, 5.74) is 8.93. The molecule has 1 unspecified atom stereocenters. The standard InChI is InChI=1S/C16H13Cl2N3/c17-12-6-7-15(18)14(8-12)16(19)11-9-20-21(10-11)13-4-2-1-3-5-13/h1-10,16H,19H2. The molecule has 0 spiro atoms. The molecule has 2 aromatic carbocycles. The van der Waals surface area contributed by atoms with Crippen molar-refractivity contribution in [1.82, 2.24) is 9.78 Å². The number of para-hydroxylation sites is 1. The summed E-state index contributed by atoms with van der Waals surface area (Å²) < 4.78 is 1.79. The number of aromatic nitrogens is 2. The Morgan fingerprint density at radius 3 is 2.57 bits per heavy atom. The second-order valence-corrected chi connectivity index (χ2v) is 5.54. The van der Waals surface area contributed by atoms with Gasteiger partial charge in [0.05, 0.1) is 17.9 Å². The Kier molecular flexibility index (Phi) is 3.97. The van der Waals surface area contributed by atoms with E-state index in [1.54, 1.807) is 29.1 Å². The van der Waals surface area contributed by atoms with E-state index in [1.807, 2.05) is 36.5 Å². The zero-order chi connectivity index (χ0) is 14.8. The van der Waals surface area contributed by atoms with Crippen LogP contribution in [0, 0.1) is 0 Å². The van der Waals surface area contributed by atoms with Crippen LogP contribution in [0.5, 0.6) is 0 Å². The number of benzene rings is 2. The highest BCUT2D eigenvalue weighted by atomic mass is 35.5. The Balaban J connectivity index is 1.94. The van der Waals surface area contributed by atoms with Gasteiger partial charge in [-0.2, -0.15) is 5.10 Å². The SMILES string of the molecule is NC(c1cnn(-c2ccccc2)c1)c1cc(Cl)ccc1Cl. The van der Waals surface area contributed by atoms with Gasteiger partial charge in [0.25, 0.3) is 0 Å². The second kappa shape index (κ2) is 5.90. The highest BCUT2D eigenvalue weighted by Gasteiger charge is 2.15. The largest absolute Gasteiger partial charge is 0.320 e. The van der Waals surface area contributed by atoms with Gasteiger partial charge in [-0.25, -0.2) is 4.68 Å². The van der Waals surface area contributed by atoms with Gasteiger partial charge in [0.2, 0.25) is 0 Å². The minimum absolute atomic E-state index is 0.367. The van der Waals surface area contributed by atoms with Gasteiger partial charge in [-0.3, -0.25) is 0 Å². The molecule has 3 rings (SSSR count). The third-order valence-electron chi connectivity index (χ3n) is 3.28. The number of nitrogens with zero attached hydrogens (tertiary/aromatic N) is 2. The van der Waals surface area contributed by atoms with Crippen LogP contribution in [0.4, 0.5) is 0 Å². The van der Waals surface area contributed by atoms with E-state index in [1.165, 1.54) is 0 Å². The smallest absolute Gasteiger partial charge is 0.0645 e. The zero-order valence-corrected chi connectivity index (χ0v) is 12.6. The van der Waals surface area contributed by atoms with E-state index < -0.39 is 0 Å². The number of halogens is 2.